The van der Waals surface area contributed by atoms with Crippen LogP contribution in [0.25, 0.3) is 0 Å². The SMILES string of the molecule is CC1(C)CC(=O)C2=C(C1)NC(N)=C(C#N)[C@@]21C(=O)Nc2ccccc21. The maximum Gasteiger partial charge on any atom is 0.245 e. The first kappa shape index (κ1) is 15.5. The number of hydrogen-bond donors (Lipinski definition) is 3. The van der Waals surface area contributed by atoms with Gasteiger partial charge in [0.15, 0.2) is 5.78 Å². The third-order valence-corrected chi connectivity index (χ3v) is 5.21. The first-order valence-electron chi connectivity index (χ1n) is 8.16. The van der Waals surface area contributed by atoms with Crippen LogP contribution >= 0.6 is 0 Å². The Hall–Kier alpha value is -3.07. The molecule has 1 aromatic rings. The van der Waals surface area contributed by atoms with Crippen LogP contribution in [-0.2, 0) is 15.0 Å². The highest BCUT2D eigenvalue weighted by Crippen LogP contribution is 2.54. The van der Waals surface area contributed by atoms with Gasteiger partial charge in [-0.25, -0.2) is 0 Å². The molecule has 0 radical (unpaired) electrons. The summed E-state index contributed by atoms with van der Waals surface area (Å²) in [7, 11) is 0. The minimum absolute atomic E-state index is 0.0850. The Morgan fingerprint density at radius 2 is 1.88 bits per heavy atom. The predicted molar refractivity (Wildman–Crippen MR) is 91.8 cm³/mol. The predicted octanol–water partition coefficient (Wildman–Crippen LogP) is 1.82. The molecule has 0 unspecified atom stereocenters. The number of nitrogens with two attached hydrogens (primary N) is 1. The van der Waals surface area contributed by atoms with E-state index >= 15 is 0 Å². The summed E-state index contributed by atoms with van der Waals surface area (Å²) in [5.74, 6) is -0.375. The fraction of sp³-hybridized carbons (Fsp3) is 0.316. The van der Waals surface area contributed by atoms with E-state index in [4.69, 9.17) is 5.73 Å². The Labute approximate surface area is 145 Å². The van der Waals surface area contributed by atoms with Gasteiger partial charge < -0.3 is 16.4 Å². The molecule has 1 aromatic carbocycles. The summed E-state index contributed by atoms with van der Waals surface area (Å²) in [6, 6.07) is 9.23. The van der Waals surface area contributed by atoms with Gasteiger partial charge in [0.2, 0.25) is 5.91 Å². The second-order valence-electron chi connectivity index (χ2n) is 7.57. The number of ketones is 1. The standard InChI is InChI=1S/C19H18N4O2/c1-18(2)7-13-15(14(24)8-18)19(11(9-20)16(21)22-13)10-5-3-4-6-12(10)23-17(19)25/h3-6,22H,7-8,21H2,1-2H3,(H,23,25)/t19-/m1/s1. The van der Waals surface area contributed by atoms with Gasteiger partial charge in [0, 0.05) is 28.9 Å². The summed E-state index contributed by atoms with van der Waals surface area (Å²) < 4.78 is 0. The number of nitrogens with zero attached hydrogens (tertiary/aromatic N) is 1. The highest BCUT2D eigenvalue weighted by molar-refractivity contribution is 6.19. The molecule has 4 rings (SSSR count). The quantitative estimate of drug-likeness (QED) is 0.671. The topological polar surface area (TPSA) is 108 Å². The van der Waals surface area contributed by atoms with E-state index < -0.39 is 11.3 Å². The highest BCUT2D eigenvalue weighted by atomic mass is 16.2. The van der Waals surface area contributed by atoms with Crippen LogP contribution in [0.4, 0.5) is 5.69 Å². The third-order valence-electron chi connectivity index (χ3n) is 5.21. The van der Waals surface area contributed by atoms with E-state index in [-0.39, 0.29) is 22.6 Å². The van der Waals surface area contributed by atoms with Crippen LogP contribution in [0.3, 0.4) is 0 Å². The minimum Gasteiger partial charge on any atom is -0.384 e. The van der Waals surface area contributed by atoms with E-state index in [0.29, 0.717) is 35.4 Å². The molecule has 2 heterocycles. The van der Waals surface area contributed by atoms with Crippen molar-refractivity contribution in [3.8, 4) is 6.07 Å². The second-order valence-corrected chi connectivity index (χ2v) is 7.57. The number of Topliss-reactive ketones (excluding diaryl/α,β-unsaturated/α-hetero) is 1. The maximum absolute atomic E-state index is 13.1. The van der Waals surface area contributed by atoms with E-state index in [1.165, 1.54) is 0 Å². The first-order chi connectivity index (χ1) is 11.8. The Morgan fingerprint density at radius 1 is 1.16 bits per heavy atom. The van der Waals surface area contributed by atoms with Gasteiger partial charge in [0.25, 0.3) is 0 Å². The number of rotatable bonds is 0. The summed E-state index contributed by atoms with van der Waals surface area (Å²) in [5, 5.41) is 15.6. The van der Waals surface area contributed by atoms with Crippen molar-refractivity contribution in [2.24, 2.45) is 11.1 Å². The van der Waals surface area contributed by atoms with Crippen LogP contribution in [0.2, 0.25) is 0 Å². The Morgan fingerprint density at radius 3 is 2.60 bits per heavy atom. The maximum atomic E-state index is 13.1. The molecule has 1 aliphatic carbocycles. The van der Waals surface area contributed by atoms with Gasteiger partial charge in [0.1, 0.15) is 17.3 Å². The molecule has 1 spiro atoms. The van der Waals surface area contributed by atoms with E-state index in [9.17, 15) is 14.9 Å². The molecular weight excluding hydrogens is 316 g/mol. The Bertz CT molecular complexity index is 948. The number of nitriles is 1. The summed E-state index contributed by atoms with van der Waals surface area (Å²) >= 11 is 0. The van der Waals surface area contributed by atoms with Crippen LogP contribution in [0, 0.1) is 16.7 Å². The molecule has 4 N–H and O–H groups in total. The number of hydrogen-bond acceptors (Lipinski definition) is 5. The van der Waals surface area contributed by atoms with Crippen molar-refractivity contribution in [2.45, 2.75) is 32.1 Å². The van der Waals surface area contributed by atoms with Gasteiger partial charge in [-0.15, -0.1) is 0 Å². The van der Waals surface area contributed by atoms with Crippen LogP contribution in [0.5, 0.6) is 0 Å². The van der Waals surface area contributed by atoms with Crippen molar-refractivity contribution in [3.63, 3.8) is 0 Å². The van der Waals surface area contributed by atoms with Gasteiger partial charge in [-0.2, -0.15) is 5.26 Å². The van der Waals surface area contributed by atoms with Gasteiger partial charge in [-0.1, -0.05) is 32.0 Å². The molecule has 0 saturated heterocycles. The molecular formula is C19H18N4O2. The summed E-state index contributed by atoms with van der Waals surface area (Å²) in [5.41, 5.74) is 6.75. The van der Waals surface area contributed by atoms with Crippen LogP contribution in [0.15, 0.2) is 46.9 Å². The highest BCUT2D eigenvalue weighted by Gasteiger charge is 2.59. The zero-order chi connectivity index (χ0) is 18.0. The average molecular weight is 334 g/mol. The van der Waals surface area contributed by atoms with Gasteiger partial charge in [-0.05, 0) is 17.9 Å². The fourth-order valence-electron chi connectivity index (χ4n) is 4.31. The monoisotopic (exact) mass is 334 g/mol. The van der Waals surface area contributed by atoms with E-state index in [1.54, 1.807) is 24.3 Å². The summed E-state index contributed by atoms with van der Waals surface area (Å²) in [4.78, 5) is 26.2. The normalized spacial score (nSPS) is 26.8. The van der Waals surface area contributed by atoms with Crippen molar-refractivity contribution in [2.75, 3.05) is 5.32 Å². The lowest BCUT2D eigenvalue weighted by Crippen LogP contribution is -2.51. The Kier molecular flexibility index (Phi) is 2.92. The van der Waals surface area contributed by atoms with Crippen molar-refractivity contribution >= 4 is 17.4 Å². The van der Waals surface area contributed by atoms with Gasteiger partial charge in [0.05, 0.1) is 5.57 Å². The number of para-hydroxylation sites is 1. The largest absolute Gasteiger partial charge is 0.384 e. The number of nitrogens with one attached hydrogen (secondary N) is 2. The minimum atomic E-state index is -1.45. The molecule has 126 valence electrons. The van der Waals surface area contributed by atoms with Crippen LogP contribution in [-0.4, -0.2) is 11.7 Å². The number of dihydropyridines is 1. The number of benzene rings is 1. The van der Waals surface area contributed by atoms with Crippen molar-refractivity contribution in [3.05, 3.63) is 52.5 Å². The van der Waals surface area contributed by atoms with E-state index in [1.807, 2.05) is 13.8 Å². The molecule has 6 nitrogen and oxygen atoms in total. The molecule has 1 atom stereocenters. The molecule has 0 fully saturated rings. The first-order valence-corrected chi connectivity index (χ1v) is 8.16. The lowest BCUT2D eigenvalue weighted by atomic mass is 9.61. The second kappa shape index (κ2) is 4.73. The number of allylic oxidation sites excluding steroid dienone is 1. The van der Waals surface area contributed by atoms with Crippen LogP contribution < -0.4 is 16.4 Å². The molecule has 0 saturated carbocycles. The van der Waals surface area contributed by atoms with E-state index in [2.05, 4.69) is 16.7 Å². The number of anilines is 1. The molecule has 0 bridgehead atoms. The number of amides is 1. The number of carbonyl (C=O) groups is 2. The zero-order valence-corrected chi connectivity index (χ0v) is 14.1. The van der Waals surface area contributed by atoms with E-state index in [0.717, 1.165) is 0 Å². The van der Waals surface area contributed by atoms with Crippen molar-refractivity contribution in [1.82, 2.24) is 5.32 Å². The lowest BCUT2D eigenvalue weighted by molar-refractivity contribution is -0.123. The van der Waals surface area contributed by atoms with Gasteiger partial charge >= 0.3 is 0 Å². The van der Waals surface area contributed by atoms with Crippen molar-refractivity contribution < 1.29 is 9.59 Å². The lowest BCUT2D eigenvalue weighted by Gasteiger charge is -2.42. The van der Waals surface area contributed by atoms with Crippen LogP contribution in [0.1, 0.15) is 32.3 Å². The fourth-order valence-corrected chi connectivity index (χ4v) is 4.31. The molecule has 25 heavy (non-hydrogen) atoms. The molecule has 3 aliphatic rings. The van der Waals surface area contributed by atoms with Gasteiger partial charge in [-0.3, -0.25) is 9.59 Å². The summed E-state index contributed by atoms with van der Waals surface area (Å²) in [6.07, 6.45) is 0.911. The molecule has 2 aliphatic heterocycles. The third kappa shape index (κ3) is 1.84. The Balaban J connectivity index is 2.09. The molecule has 0 aromatic heterocycles. The number of fused-ring (bicyclic) bond motifs is 3. The molecule has 1 amide bonds. The number of carbonyl (C=O) groups excluding carboxylic acids is 2. The average Bonchev–Trinajstić information content (AvgIpc) is 2.79. The molecule has 6 heteroatoms. The smallest absolute Gasteiger partial charge is 0.245 e. The van der Waals surface area contributed by atoms with Crippen molar-refractivity contribution in [1.29, 1.82) is 5.26 Å². The zero-order valence-electron chi connectivity index (χ0n) is 14.1. The summed E-state index contributed by atoms with van der Waals surface area (Å²) in [6.45, 7) is 4.01.